The molecule has 0 amide bonds. The summed E-state index contributed by atoms with van der Waals surface area (Å²) in [5, 5.41) is 3.43. The molecule has 1 aromatic carbocycles. The molecule has 0 aliphatic rings. The first-order valence-corrected chi connectivity index (χ1v) is 6.31. The number of aromatic nitrogens is 2. The number of nitrogens with zero attached hydrogens (tertiary/aromatic N) is 2. The number of benzene rings is 1. The quantitative estimate of drug-likeness (QED) is 0.877. The molecule has 0 radical (unpaired) electrons. The molecule has 1 N–H and O–H groups in total. The predicted molar refractivity (Wildman–Crippen MR) is 72.1 cm³/mol. The molecule has 0 spiro atoms. The van der Waals surface area contributed by atoms with Crippen LogP contribution in [0.1, 0.15) is 32.2 Å². The van der Waals surface area contributed by atoms with Gasteiger partial charge in [-0.15, -0.1) is 0 Å². The number of aryl methyl sites for hydroxylation is 2. The Bertz CT molecular complexity index is 511. The molecule has 0 bridgehead atoms. The van der Waals surface area contributed by atoms with Gasteiger partial charge in [0.05, 0.1) is 17.6 Å². The Morgan fingerprint density at radius 1 is 1.35 bits per heavy atom. The van der Waals surface area contributed by atoms with E-state index in [-0.39, 0.29) is 0 Å². The predicted octanol–water partition coefficient (Wildman–Crippen LogP) is 2.86. The molecular weight excluding hydrogens is 210 g/mol. The fourth-order valence-electron chi connectivity index (χ4n) is 2.07. The van der Waals surface area contributed by atoms with E-state index in [4.69, 9.17) is 4.98 Å². The van der Waals surface area contributed by atoms with Crippen molar-refractivity contribution in [3.05, 3.63) is 29.6 Å². The SMILES string of the molecule is CCn1c(CNC(C)C)nc2cc(C)ccc21. The van der Waals surface area contributed by atoms with Crippen LogP contribution in [0.5, 0.6) is 0 Å². The highest BCUT2D eigenvalue weighted by atomic mass is 15.1. The summed E-state index contributed by atoms with van der Waals surface area (Å²) in [5.74, 6) is 1.13. The fourth-order valence-corrected chi connectivity index (χ4v) is 2.07. The van der Waals surface area contributed by atoms with Crippen LogP contribution in [0.3, 0.4) is 0 Å². The third kappa shape index (κ3) is 2.50. The van der Waals surface area contributed by atoms with E-state index in [1.54, 1.807) is 0 Å². The molecular formula is C14H21N3. The van der Waals surface area contributed by atoms with Crippen molar-refractivity contribution in [1.29, 1.82) is 0 Å². The maximum Gasteiger partial charge on any atom is 0.123 e. The van der Waals surface area contributed by atoms with E-state index < -0.39 is 0 Å². The summed E-state index contributed by atoms with van der Waals surface area (Å²) < 4.78 is 2.28. The van der Waals surface area contributed by atoms with Crippen LogP contribution in [-0.2, 0) is 13.1 Å². The first-order chi connectivity index (χ1) is 8.11. The number of fused-ring (bicyclic) bond motifs is 1. The lowest BCUT2D eigenvalue weighted by Gasteiger charge is -2.09. The topological polar surface area (TPSA) is 29.9 Å². The second-order valence-corrected chi connectivity index (χ2v) is 4.80. The van der Waals surface area contributed by atoms with Crippen molar-refractivity contribution >= 4 is 11.0 Å². The van der Waals surface area contributed by atoms with Gasteiger partial charge in [0.15, 0.2) is 0 Å². The van der Waals surface area contributed by atoms with E-state index in [0.29, 0.717) is 6.04 Å². The Balaban J connectivity index is 2.41. The average molecular weight is 231 g/mol. The van der Waals surface area contributed by atoms with Crippen molar-refractivity contribution in [3.8, 4) is 0 Å². The summed E-state index contributed by atoms with van der Waals surface area (Å²) in [6.07, 6.45) is 0. The highest BCUT2D eigenvalue weighted by Gasteiger charge is 2.09. The number of hydrogen-bond acceptors (Lipinski definition) is 2. The van der Waals surface area contributed by atoms with Gasteiger partial charge in [-0.3, -0.25) is 0 Å². The molecule has 0 saturated heterocycles. The zero-order valence-electron chi connectivity index (χ0n) is 11.1. The number of hydrogen-bond donors (Lipinski definition) is 1. The molecule has 0 unspecified atom stereocenters. The number of nitrogens with one attached hydrogen (secondary N) is 1. The van der Waals surface area contributed by atoms with Crippen LogP contribution in [0.4, 0.5) is 0 Å². The Hall–Kier alpha value is -1.35. The third-order valence-electron chi connectivity index (χ3n) is 2.97. The lowest BCUT2D eigenvalue weighted by molar-refractivity contribution is 0.554. The Morgan fingerprint density at radius 2 is 2.12 bits per heavy atom. The van der Waals surface area contributed by atoms with Gasteiger partial charge in [0.25, 0.3) is 0 Å². The molecule has 0 aliphatic heterocycles. The monoisotopic (exact) mass is 231 g/mol. The molecule has 1 heterocycles. The smallest absolute Gasteiger partial charge is 0.123 e. The molecule has 0 saturated carbocycles. The average Bonchev–Trinajstić information content (AvgIpc) is 2.62. The molecule has 0 atom stereocenters. The standard InChI is InChI=1S/C14H21N3/c1-5-17-13-7-6-11(4)8-12(13)16-14(17)9-15-10(2)3/h6-8,10,15H,5,9H2,1-4H3. The molecule has 2 aromatic rings. The van der Waals surface area contributed by atoms with Crippen molar-refractivity contribution in [2.24, 2.45) is 0 Å². The van der Waals surface area contributed by atoms with Crippen molar-refractivity contribution < 1.29 is 0 Å². The second-order valence-electron chi connectivity index (χ2n) is 4.80. The normalized spacial score (nSPS) is 11.6. The van der Waals surface area contributed by atoms with Crippen LogP contribution in [0.25, 0.3) is 11.0 Å². The molecule has 0 fully saturated rings. The summed E-state index contributed by atoms with van der Waals surface area (Å²) in [5.41, 5.74) is 3.60. The van der Waals surface area contributed by atoms with E-state index >= 15 is 0 Å². The Morgan fingerprint density at radius 3 is 2.76 bits per heavy atom. The molecule has 3 heteroatoms. The molecule has 1 aromatic heterocycles. The largest absolute Gasteiger partial charge is 0.327 e. The Labute approximate surface area is 103 Å². The summed E-state index contributed by atoms with van der Waals surface area (Å²) in [6, 6.07) is 6.96. The van der Waals surface area contributed by atoms with Crippen LogP contribution < -0.4 is 5.32 Å². The molecule has 92 valence electrons. The van der Waals surface area contributed by atoms with Gasteiger partial charge >= 0.3 is 0 Å². The fraction of sp³-hybridized carbons (Fsp3) is 0.500. The summed E-state index contributed by atoms with van der Waals surface area (Å²) in [4.78, 5) is 4.72. The summed E-state index contributed by atoms with van der Waals surface area (Å²) in [6.45, 7) is 10.4. The first-order valence-electron chi connectivity index (χ1n) is 6.31. The summed E-state index contributed by atoms with van der Waals surface area (Å²) >= 11 is 0. The van der Waals surface area contributed by atoms with Gasteiger partial charge < -0.3 is 9.88 Å². The number of imidazole rings is 1. The summed E-state index contributed by atoms with van der Waals surface area (Å²) in [7, 11) is 0. The van der Waals surface area contributed by atoms with Gasteiger partial charge in [-0.05, 0) is 31.5 Å². The van der Waals surface area contributed by atoms with Crippen molar-refractivity contribution in [2.45, 2.75) is 46.8 Å². The maximum atomic E-state index is 4.72. The van der Waals surface area contributed by atoms with Crippen molar-refractivity contribution in [1.82, 2.24) is 14.9 Å². The van der Waals surface area contributed by atoms with Crippen molar-refractivity contribution in [3.63, 3.8) is 0 Å². The minimum absolute atomic E-state index is 0.488. The van der Waals surface area contributed by atoms with Crippen LogP contribution in [-0.4, -0.2) is 15.6 Å². The van der Waals surface area contributed by atoms with Crippen LogP contribution in [0.2, 0.25) is 0 Å². The van der Waals surface area contributed by atoms with Crippen LogP contribution in [0, 0.1) is 6.92 Å². The zero-order chi connectivity index (χ0) is 12.4. The minimum atomic E-state index is 0.488. The minimum Gasteiger partial charge on any atom is -0.327 e. The van der Waals surface area contributed by atoms with Gasteiger partial charge in [0.1, 0.15) is 5.82 Å². The maximum absolute atomic E-state index is 4.72. The van der Waals surface area contributed by atoms with Crippen molar-refractivity contribution in [2.75, 3.05) is 0 Å². The lowest BCUT2D eigenvalue weighted by atomic mass is 10.2. The lowest BCUT2D eigenvalue weighted by Crippen LogP contribution is -2.23. The van der Waals surface area contributed by atoms with Gasteiger partial charge in [-0.2, -0.15) is 0 Å². The number of rotatable bonds is 4. The molecule has 17 heavy (non-hydrogen) atoms. The van der Waals surface area contributed by atoms with E-state index in [0.717, 1.165) is 24.4 Å². The zero-order valence-corrected chi connectivity index (χ0v) is 11.1. The highest BCUT2D eigenvalue weighted by molar-refractivity contribution is 5.76. The molecule has 0 aliphatic carbocycles. The van der Waals surface area contributed by atoms with E-state index in [1.807, 2.05) is 0 Å². The second kappa shape index (κ2) is 4.88. The molecule has 2 rings (SSSR count). The van der Waals surface area contributed by atoms with Crippen LogP contribution in [0.15, 0.2) is 18.2 Å². The van der Waals surface area contributed by atoms with Gasteiger partial charge in [0, 0.05) is 12.6 Å². The van der Waals surface area contributed by atoms with E-state index in [9.17, 15) is 0 Å². The van der Waals surface area contributed by atoms with Crippen LogP contribution >= 0.6 is 0 Å². The van der Waals surface area contributed by atoms with E-state index in [2.05, 4.69) is 55.8 Å². The van der Waals surface area contributed by atoms with Gasteiger partial charge in [-0.1, -0.05) is 19.9 Å². The Kier molecular flexibility index (Phi) is 3.48. The molecule has 3 nitrogen and oxygen atoms in total. The van der Waals surface area contributed by atoms with Gasteiger partial charge in [-0.25, -0.2) is 4.98 Å². The van der Waals surface area contributed by atoms with Gasteiger partial charge in [0.2, 0.25) is 0 Å². The third-order valence-corrected chi connectivity index (χ3v) is 2.97. The highest BCUT2D eigenvalue weighted by Crippen LogP contribution is 2.17. The van der Waals surface area contributed by atoms with E-state index in [1.165, 1.54) is 11.1 Å². The first kappa shape index (κ1) is 12.1.